The molecule has 2 aliphatic carbocycles. The molecule has 0 spiro atoms. The molecular formula is C15H17FO3. The molecule has 3 nitrogen and oxygen atoms in total. The van der Waals surface area contributed by atoms with Gasteiger partial charge in [0.2, 0.25) is 0 Å². The van der Waals surface area contributed by atoms with Gasteiger partial charge in [-0.25, -0.2) is 9.18 Å². The molecule has 2 bridgehead atoms. The molecule has 1 aromatic carbocycles. The van der Waals surface area contributed by atoms with Crippen LogP contribution in [0.3, 0.4) is 0 Å². The minimum absolute atomic E-state index is 0.0943. The van der Waals surface area contributed by atoms with Crippen molar-refractivity contribution in [1.82, 2.24) is 0 Å². The zero-order valence-corrected chi connectivity index (χ0v) is 10.6. The van der Waals surface area contributed by atoms with E-state index in [2.05, 4.69) is 0 Å². The summed E-state index contributed by atoms with van der Waals surface area (Å²) in [4.78, 5) is 11.1. The highest BCUT2D eigenvalue weighted by molar-refractivity contribution is 5.90. The van der Waals surface area contributed by atoms with Crippen LogP contribution in [0.25, 0.3) is 0 Å². The fraction of sp³-hybridized carbons (Fsp3) is 0.533. The number of hydrogen-bond acceptors (Lipinski definition) is 2. The maximum atomic E-state index is 13.7. The van der Waals surface area contributed by atoms with Crippen LogP contribution in [0.2, 0.25) is 0 Å². The molecule has 2 saturated carbocycles. The Kier molecular flexibility index (Phi) is 3.17. The maximum absolute atomic E-state index is 13.7. The van der Waals surface area contributed by atoms with Gasteiger partial charge in [0.15, 0.2) is 11.6 Å². The molecule has 2 fully saturated rings. The molecule has 1 N–H and O–H groups in total. The summed E-state index contributed by atoms with van der Waals surface area (Å²) in [5.74, 6) is 0.0893. The standard InChI is InChI=1S/C15H17FO3/c16-13-3-1-2-12(15(17)18)14(13)19-8-11-7-9-4-5-10(11)6-9/h1-3,9-11H,4-8H2,(H,17,18). The van der Waals surface area contributed by atoms with E-state index in [4.69, 9.17) is 9.84 Å². The number of aromatic carboxylic acids is 1. The van der Waals surface area contributed by atoms with Crippen LogP contribution in [-0.2, 0) is 0 Å². The van der Waals surface area contributed by atoms with Crippen LogP contribution in [-0.4, -0.2) is 17.7 Å². The normalized spacial score (nSPS) is 28.6. The summed E-state index contributed by atoms with van der Waals surface area (Å²) in [6.45, 7) is 0.433. The van der Waals surface area contributed by atoms with Gasteiger partial charge in [-0.1, -0.05) is 12.5 Å². The van der Waals surface area contributed by atoms with E-state index in [0.29, 0.717) is 18.4 Å². The number of para-hydroxylation sites is 1. The van der Waals surface area contributed by atoms with E-state index in [1.54, 1.807) is 0 Å². The first-order valence-corrected chi connectivity index (χ1v) is 6.79. The topological polar surface area (TPSA) is 46.5 Å². The van der Waals surface area contributed by atoms with E-state index in [1.807, 2.05) is 0 Å². The number of carboxylic acids is 1. The third-order valence-electron chi connectivity index (χ3n) is 4.52. The molecule has 3 unspecified atom stereocenters. The summed E-state index contributed by atoms with van der Waals surface area (Å²) >= 11 is 0. The fourth-order valence-corrected chi connectivity index (χ4v) is 3.59. The van der Waals surface area contributed by atoms with Gasteiger partial charge in [-0.15, -0.1) is 0 Å². The van der Waals surface area contributed by atoms with Crippen molar-refractivity contribution >= 4 is 5.97 Å². The predicted molar refractivity (Wildman–Crippen MR) is 67.8 cm³/mol. The largest absolute Gasteiger partial charge is 0.489 e. The number of ether oxygens (including phenoxy) is 1. The van der Waals surface area contributed by atoms with Crippen LogP contribution in [0.4, 0.5) is 4.39 Å². The SMILES string of the molecule is O=C(O)c1cccc(F)c1OCC1CC2CCC1C2. The Morgan fingerprint density at radius 3 is 2.84 bits per heavy atom. The molecular weight excluding hydrogens is 247 g/mol. The van der Waals surface area contributed by atoms with Crippen molar-refractivity contribution in [3.63, 3.8) is 0 Å². The zero-order chi connectivity index (χ0) is 13.4. The molecule has 0 radical (unpaired) electrons. The van der Waals surface area contributed by atoms with Crippen LogP contribution in [0.1, 0.15) is 36.0 Å². The molecule has 0 amide bonds. The number of halogens is 1. The Labute approximate surface area is 111 Å². The number of rotatable bonds is 4. The van der Waals surface area contributed by atoms with E-state index in [-0.39, 0.29) is 11.3 Å². The molecule has 0 aromatic heterocycles. The lowest BCUT2D eigenvalue weighted by molar-refractivity contribution is 0.0689. The molecule has 0 saturated heterocycles. The lowest BCUT2D eigenvalue weighted by Gasteiger charge is -2.22. The molecule has 4 heteroatoms. The predicted octanol–water partition coefficient (Wildman–Crippen LogP) is 3.34. The number of fused-ring (bicyclic) bond motifs is 2. The molecule has 3 atom stereocenters. The van der Waals surface area contributed by atoms with Gasteiger partial charge in [-0.05, 0) is 49.1 Å². The fourth-order valence-electron chi connectivity index (χ4n) is 3.59. The average molecular weight is 264 g/mol. The number of hydrogen-bond donors (Lipinski definition) is 1. The highest BCUT2D eigenvalue weighted by Gasteiger charge is 2.39. The monoisotopic (exact) mass is 264 g/mol. The van der Waals surface area contributed by atoms with Crippen molar-refractivity contribution in [2.45, 2.75) is 25.7 Å². The van der Waals surface area contributed by atoms with E-state index in [1.165, 1.54) is 37.5 Å². The van der Waals surface area contributed by atoms with Gasteiger partial charge in [0.25, 0.3) is 0 Å². The second kappa shape index (κ2) is 4.83. The zero-order valence-electron chi connectivity index (χ0n) is 10.6. The van der Waals surface area contributed by atoms with Crippen LogP contribution in [0.15, 0.2) is 18.2 Å². The third-order valence-corrected chi connectivity index (χ3v) is 4.52. The first kappa shape index (κ1) is 12.5. The van der Waals surface area contributed by atoms with Crippen LogP contribution < -0.4 is 4.74 Å². The molecule has 0 heterocycles. The number of carboxylic acid groups (broad SMARTS) is 1. The molecule has 2 aliphatic rings. The Morgan fingerprint density at radius 2 is 2.21 bits per heavy atom. The van der Waals surface area contributed by atoms with Crippen molar-refractivity contribution in [2.75, 3.05) is 6.61 Å². The molecule has 3 rings (SSSR count). The summed E-state index contributed by atoms with van der Waals surface area (Å²) in [6.07, 6.45) is 4.95. The van der Waals surface area contributed by atoms with Gasteiger partial charge in [0.05, 0.1) is 6.61 Å². The second-order valence-electron chi connectivity index (χ2n) is 5.67. The van der Waals surface area contributed by atoms with Crippen molar-refractivity contribution in [3.8, 4) is 5.75 Å². The Balaban J connectivity index is 1.71. The lowest BCUT2D eigenvalue weighted by atomic mass is 9.89. The van der Waals surface area contributed by atoms with E-state index in [0.717, 1.165) is 12.3 Å². The Bertz CT molecular complexity index is 500. The summed E-state index contributed by atoms with van der Waals surface area (Å²) in [5, 5.41) is 9.04. The van der Waals surface area contributed by atoms with Crippen LogP contribution >= 0.6 is 0 Å². The summed E-state index contributed by atoms with van der Waals surface area (Å²) in [6, 6.07) is 4.01. The van der Waals surface area contributed by atoms with E-state index < -0.39 is 11.8 Å². The Hall–Kier alpha value is -1.58. The molecule has 102 valence electrons. The summed E-state index contributed by atoms with van der Waals surface area (Å²) in [7, 11) is 0. The van der Waals surface area contributed by atoms with Crippen molar-refractivity contribution in [2.24, 2.45) is 17.8 Å². The Morgan fingerprint density at radius 1 is 1.37 bits per heavy atom. The van der Waals surface area contributed by atoms with Gasteiger partial charge in [0, 0.05) is 0 Å². The van der Waals surface area contributed by atoms with Crippen molar-refractivity contribution in [3.05, 3.63) is 29.6 Å². The number of benzene rings is 1. The average Bonchev–Trinajstić information content (AvgIpc) is 2.99. The van der Waals surface area contributed by atoms with Gasteiger partial charge in [-0.2, -0.15) is 0 Å². The minimum Gasteiger partial charge on any atom is -0.489 e. The van der Waals surface area contributed by atoms with E-state index in [9.17, 15) is 9.18 Å². The third kappa shape index (κ3) is 2.31. The highest BCUT2D eigenvalue weighted by Crippen LogP contribution is 2.48. The van der Waals surface area contributed by atoms with Gasteiger partial charge < -0.3 is 9.84 Å². The molecule has 1 aromatic rings. The molecule has 0 aliphatic heterocycles. The van der Waals surface area contributed by atoms with Crippen molar-refractivity contribution in [1.29, 1.82) is 0 Å². The van der Waals surface area contributed by atoms with Gasteiger partial charge in [-0.3, -0.25) is 0 Å². The quantitative estimate of drug-likeness (QED) is 0.907. The van der Waals surface area contributed by atoms with Crippen LogP contribution in [0.5, 0.6) is 5.75 Å². The summed E-state index contributed by atoms with van der Waals surface area (Å²) in [5.41, 5.74) is -0.0943. The van der Waals surface area contributed by atoms with Gasteiger partial charge >= 0.3 is 5.97 Å². The minimum atomic E-state index is -1.15. The summed E-state index contributed by atoms with van der Waals surface area (Å²) < 4.78 is 19.2. The first-order valence-electron chi connectivity index (χ1n) is 6.79. The second-order valence-corrected chi connectivity index (χ2v) is 5.67. The van der Waals surface area contributed by atoms with Gasteiger partial charge in [0.1, 0.15) is 5.56 Å². The lowest BCUT2D eigenvalue weighted by Crippen LogP contribution is -2.19. The number of carbonyl (C=O) groups is 1. The van der Waals surface area contributed by atoms with Crippen LogP contribution in [0, 0.1) is 23.6 Å². The molecule has 19 heavy (non-hydrogen) atoms. The van der Waals surface area contributed by atoms with Crippen molar-refractivity contribution < 1.29 is 19.0 Å². The maximum Gasteiger partial charge on any atom is 0.339 e. The first-order chi connectivity index (χ1) is 9.15. The van der Waals surface area contributed by atoms with E-state index >= 15 is 0 Å². The smallest absolute Gasteiger partial charge is 0.339 e. The highest BCUT2D eigenvalue weighted by atomic mass is 19.1.